The van der Waals surface area contributed by atoms with Gasteiger partial charge in [-0.15, -0.1) is 0 Å². The Morgan fingerprint density at radius 3 is 2.50 bits per heavy atom. The third kappa shape index (κ3) is 2.69. The van der Waals surface area contributed by atoms with E-state index in [1.54, 1.807) is 0 Å². The minimum Gasteiger partial charge on any atom is -0.507 e. The zero-order valence-electron chi connectivity index (χ0n) is 10.0. The summed E-state index contributed by atoms with van der Waals surface area (Å²) in [6.45, 7) is 6.08. The van der Waals surface area contributed by atoms with Gasteiger partial charge in [0.15, 0.2) is 0 Å². The largest absolute Gasteiger partial charge is 0.507 e. The van der Waals surface area contributed by atoms with E-state index in [1.807, 2.05) is 26.8 Å². The molecule has 16 heavy (non-hydrogen) atoms. The van der Waals surface area contributed by atoms with Gasteiger partial charge in [0.25, 0.3) is 0 Å². The number of hydrogen-bond acceptors (Lipinski definition) is 2. The Labute approximate surface area is 102 Å². The van der Waals surface area contributed by atoms with Crippen LogP contribution in [0.4, 0.5) is 0 Å². The maximum atomic E-state index is 10.2. The smallest absolute Gasteiger partial charge is 0.122 e. The van der Waals surface area contributed by atoms with E-state index in [0.29, 0.717) is 23.6 Å². The molecule has 2 N–H and O–H groups in total. The summed E-state index contributed by atoms with van der Waals surface area (Å²) in [5.74, 6) is 0.580. The van der Waals surface area contributed by atoms with Crippen LogP contribution in [0, 0.1) is 6.92 Å². The lowest BCUT2D eigenvalue weighted by atomic mass is 9.94. The van der Waals surface area contributed by atoms with Gasteiger partial charge < -0.3 is 10.2 Å². The molecular weight excluding hydrogens is 224 g/mol. The average Bonchev–Trinajstić information content (AvgIpc) is 2.23. The van der Waals surface area contributed by atoms with Gasteiger partial charge in [-0.3, -0.25) is 0 Å². The average molecular weight is 243 g/mol. The molecule has 0 aromatic heterocycles. The van der Waals surface area contributed by atoms with Crippen LogP contribution in [0.1, 0.15) is 42.9 Å². The van der Waals surface area contributed by atoms with E-state index in [2.05, 4.69) is 0 Å². The van der Waals surface area contributed by atoms with Crippen LogP contribution >= 0.6 is 11.6 Å². The summed E-state index contributed by atoms with van der Waals surface area (Å²) >= 11 is 6.14. The van der Waals surface area contributed by atoms with Gasteiger partial charge in [-0.2, -0.15) is 0 Å². The molecule has 0 heterocycles. The third-order valence-electron chi connectivity index (χ3n) is 2.86. The Balaban J connectivity index is 3.22. The van der Waals surface area contributed by atoms with Crippen molar-refractivity contribution in [3.05, 3.63) is 27.8 Å². The second-order valence-corrected chi connectivity index (χ2v) is 4.79. The molecule has 0 saturated carbocycles. The van der Waals surface area contributed by atoms with Crippen LogP contribution in [0.5, 0.6) is 5.75 Å². The Kier molecular flexibility index (Phi) is 4.63. The first-order valence-corrected chi connectivity index (χ1v) is 5.98. The van der Waals surface area contributed by atoms with E-state index in [9.17, 15) is 5.11 Å². The summed E-state index contributed by atoms with van der Waals surface area (Å²) in [7, 11) is 0. The van der Waals surface area contributed by atoms with E-state index in [4.69, 9.17) is 16.7 Å². The van der Waals surface area contributed by atoms with Crippen LogP contribution in [-0.4, -0.2) is 16.8 Å². The lowest BCUT2D eigenvalue weighted by Crippen LogP contribution is -1.99. The van der Waals surface area contributed by atoms with E-state index >= 15 is 0 Å². The number of aliphatic hydroxyl groups excluding tert-OH is 1. The standard InChI is InChI=1S/C13H19ClO2/c1-8(2)11-7-12(14)9(3)10(13(11)16)5-4-6-15/h7-8,15-16H,4-6H2,1-3H3. The van der Waals surface area contributed by atoms with Gasteiger partial charge in [0.05, 0.1) is 0 Å². The highest BCUT2D eigenvalue weighted by Gasteiger charge is 2.15. The topological polar surface area (TPSA) is 40.5 Å². The number of hydrogen-bond donors (Lipinski definition) is 2. The van der Waals surface area contributed by atoms with Crippen molar-refractivity contribution in [3.63, 3.8) is 0 Å². The number of halogens is 1. The van der Waals surface area contributed by atoms with Gasteiger partial charge in [0, 0.05) is 11.6 Å². The minimum atomic E-state index is 0.127. The van der Waals surface area contributed by atoms with Gasteiger partial charge in [0.2, 0.25) is 0 Å². The second-order valence-electron chi connectivity index (χ2n) is 4.38. The molecule has 0 unspecified atom stereocenters. The van der Waals surface area contributed by atoms with Crippen molar-refractivity contribution in [3.8, 4) is 5.75 Å². The van der Waals surface area contributed by atoms with Crippen molar-refractivity contribution in [2.75, 3.05) is 6.61 Å². The molecule has 0 saturated heterocycles. The molecule has 3 heteroatoms. The molecule has 0 aliphatic heterocycles. The maximum absolute atomic E-state index is 10.2. The first kappa shape index (κ1) is 13.3. The number of phenols is 1. The molecule has 0 aliphatic rings. The highest BCUT2D eigenvalue weighted by atomic mass is 35.5. The normalized spacial score (nSPS) is 11.1. The fourth-order valence-corrected chi connectivity index (χ4v) is 2.04. The SMILES string of the molecule is Cc1c(Cl)cc(C(C)C)c(O)c1CCCO. The number of benzene rings is 1. The van der Waals surface area contributed by atoms with E-state index < -0.39 is 0 Å². The van der Waals surface area contributed by atoms with Crippen molar-refractivity contribution in [1.29, 1.82) is 0 Å². The summed E-state index contributed by atoms with van der Waals surface area (Å²) in [6.07, 6.45) is 1.31. The monoisotopic (exact) mass is 242 g/mol. The van der Waals surface area contributed by atoms with Crippen molar-refractivity contribution < 1.29 is 10.2 Å². The first-order chi connectivity index (χ1) is 7.49. The molecule has 1 aromatic rings. The predicted octanol–water partition coefficient (Wildman–Crippen LogP) is 3.40. The van der Waals surface area contributed by atoms with Crippen molar-refractivity contribution >= 4 is 11.6 Å². The molecule has 0 bridgehead atoms. The summed E-state index contributed by atoms with van der Waals surface area (Å²) in [6, 6.07) is 1.83. The van der Waals surface area contributed by atoms with E-state index in [-0.39, 0.29) is 12.5 Å². The minimum absolute atomic E-state index is 0.127. The van der Waals surface area contributed by atoms with Crippen molar-refractivity contribution in [1.82, 2.24) is 0 Å². The molecule has 0 atom stereocenters. The Bertz CT molecular complexity index is 373. The van der Waals surface area contributed by atoms with Gasteiger partial charge >= 0.3 is 0 Å². The zero-order valence-corrected chi connectivity index (χ0v) is 10.8. The lowest BCUT2D eigenvalue weighted by molar-refractivity contribution is 0.288. The summed E-state index contributed by atoms with van der Waals surface area (Å²) < 4.78 is 0. The van der Waals surface area contributed by atoms with Gasteiger partial charge in [0.1, 0.15) is 5.75 Å². The Morgan fingerprint density at radius 2 is 2.00 bits per heavy atom. The van der Waals surface area contributed by atoms with Crippen LogP contribution in [-0.2, 0) is 6.42 Å². The molecule has 2 nitrogen and oxygen atoms in total. The van der Waals surface area contributed by atoms with Gasteiger partial charge in [-0.1, -0.05) is 25.4 Å². The quantitative estimate of drug-likeness (QED) is 0.850. The van der Waals surface area contributed by atoms with Gasteiger partial charge in [-0.05, 0) is 48.4 Å². The summed E-state index contributed by atoms with van der Waals surface area (Å²) in [5, 5.41) is 19.7. The fraction of sp³-hybridized carbons (Fsp3) is 0.538. The van der Waals surface area contributed by atoms with E-state index in [0.717, 1.165) is 16.7 Å². The molecule has 90 valence electrons. The molecule has 0 aliphatic carbocycles. The third-order valence-corrected chi connectivity index (χ3v) is 3.25. The number of phenolic OH excluding ortho intramolecular Hbond substituents is 1. The highest BCUT2D eigenvalue weighted by Crippen LogP contribution is 2.36. The Hall–Kier alpha value is -0.730. The van der Waals surface area contributed by atoms with Crippen LogP contribution in [0.25, 0.3) is 0 Å². The summed E-state index contributed by atoms with van der Waals surface area (Å²) in [4.78, 5) is 0. The molecule has 0 fully saturated rings. The molecule has 0 radical (unpaired) electrons. The number of rotatable bonds is 4. The lowest BCUT2D eigenvalue weighted by Gasteiger charge is -2.16. The number of aromatic hydroxyl groups is 1. The van der Waals surface area contributed by atoms with Crippen molar-refractivity contribution in [2.24, 2.45) is 0 Å². The van der Waals surface area contributed by atoms with Crippen LogP contribution in [0.15, 0.2) is 6.07 Å². The van der Waals surface area contributed by atoms with Crippen molar-refractivity contribution in [2.45, 2.75) is 39.5 Å². The zero-order chi connectivity index (χ0) is 12.3. The predicted molar refractivity (Wildman–Crippen MR) is 67.3 cm³/mol. The molecule has 0 spiro atoms. The van der Waals surface area contributed by atoms with Crippen LogP contribution in [0.2, 0.25) is 5.02 Å². The molecule has 0 amide bonds. The maximum Gasteiger partial charge on any atom is 0.122 e. The molecule has 1 rings (SSSR count). The first-order valence-electron chi connectivity index (χ1n) is 5.60. The molecule has 1 aromatic carbocycles. The Morgan fingerprint density at radius 1 is 1.38 bits per heavy atom. The van der Waals surface area contributed by atoms with E-state index in [1.165, 1.54) is 0 Å². The second kappa shape index (κ2) is 5.55. The highest BCUT2D eigenvalue weighted by molar-refractivity contribution is 6.31. The summed E-state index contributed by atoms with van der Waals surface area (Å²) in [5.41, 5.74) is 2.66. The fourth-order valence-electron chi connectivity index (χ4n) is 1.81. The molecular formula is C13H19ClO2. The van der Waals surface area contributed by atoms with Crippen LogP contribution in [0.3, 0.4) is 0 Å². The number of aliphatic hydroxyl groups is 1. The van der Waals surface area contributed by atoms with Crippen LogP contribution < -0.4 is 0 Å². The van der Waals surface area contributed by atoms with Gasteiger partial charge in [-0.25, -0.2) is 0 Å².